The van der Waals surface area contributed by atoms with Crippen molar-refractivity contribution in [1.29, 1.82) is 0 Å². The number of nitrogens with one attached hydrogen (secondary N) is 2. The summed E-state index contributed by atoms with van der Waals surface area (Å²) in [6, 6.07) is 4.57. The summed E-state index contributed by atoms with van der Waals surface area (Å²) in [6.07, 6.45) is -2.88. The van der Waals surface area contributed by atoms with E-state index < -0.39 is 11.7 Å². The largest absolute Gasteiger partial charge is 0.492 e. The Hall–Kier alpha value is -2.05. The van der Waals surface area contributed by atoms with Gasteiger partial charge in [0.1, 0.15) is 24.5 Å². The number of hydrogen-bond donors (Lipinski definition) is 2. The highest BCUT2D eigenvalue weighted by molar-refractivity contribution is 14.0. The molecule has 1 aromatic heterocycles. The van der Waals surface area contributed by atoms with Crippen molar-refractivity contribution in [1.82, 2.24) is 25.4 Å². The summed E-state index contributed by atoms with van der Waals surface area (Å²) in [7, 11) is 3.42. The molecule has 0 fully saturated rings. The molecule has 0 aliphatic heterocycles. The molecule has 2 aromatic rings. The van der Waals surface area contributed by atoms with Gasteiger partial charge in [-0.25, -0.2) is 4.98 Å². The van der Waals surface area contributed by atoms with E-state index in [9.17, 15) is 13.2 Å². The molecule has 0 aliphatic rings. The van der Waals surface area contributed by atoms with Crippen molar-refractivity contribution in [2.45, 2.75) is 12.7 Å². The zero-order valence-electron chi connectivity index (χ0n) is 14.2. The number of nitrogens with zero attached hydrogens (tertiary/aromatic N) is 4. The maximum atomic E-state index is 12.5. The third kappa shape index (κ3) is 6.69. The van der Waals surface area contributed by atoms with E-state index in [1.807, 2.05) is 0 Å². The monoisotopic (exact) mass is 484 g/mol. The van der Waals surface area contributed by atoms with Crippen LogP contribution >= 0.6 is 24.0 Å². The first-order valence-corrected chi connectivity index (χ1v) is 7.47. The minimum atomic E-state index is -4.35. The van der Waals surface area contributed by atoms with E-state index in [2.05, 4.69) is 25.7 Å². The quantitative estimate of drug-likeness (QED) is 0.285. The molecule has 0 saturated carbocycles. The third-order valence-corrected chi connectivity index (χ3v) is 3.29. The highest BCUT2D eigenvalue weighted by atomic mass is 127. The van der Waals surface area contributed by atoms with Crippen molar-refractivity contribution < 1.29 is 17.9 Å². The Morgan fingerprint density at radius 1 is 1.23 bits per heavy atom. The Balaban J connectivity index is 0.00000338. The molecule has 0 amide bonds. The molecule has 0 unspecified atom stereocenters. The molecule has 7 nitrogen and oxygen atoms in total. The number of ether oxygens (including phenoxy) is 1. The van der Waals surface area contributed by atoms with E-state index in [0.29, 0.717) is 24.8 Å². The van der Waals surface area contributed by atoms with E-state index in [0.717, 1.165) is 18.0 Å². The number of hydrogen-bond acceptors (Lipinski definition) is 4. The van der Waals surface area contributed by atoms with Crippen LogP contribution in [0, 0.1) is 0 Å². The summed E-state index contributed by atoms with van der Waals surface area (Å²) in [5.41, 5.74) is -0.702. The lowest BCUT2D eigenvalue weighted by Crippen LogP contribution is -2.39. The third-order valence-electron chi connectivity index (χ3n) is 3.29. The maximum Gasteiger partial charge on any atom is 0.416 e. The molecule has 11 heteroatoms. The number of alkyl halides is 3. The summed E-state index contributed by atoms with van der Waals surface area (Å²) in [6.45, 7) is 1.16. The summed E-state index contributed by atoms with van der Waals surface area (Å²) >= 11 is 0. The average molecular weight is 484 g/mol. The van der Waals surface area contributed by atoms with Gasteiger partial charge in [-0.1, -0.05) is 0 Å². The van der Waals surface area contributed by atoms with E-state index in [-0.39, 0.29) is 30.6 Å². The summed E-state index contributed by atoms with van der Waals surface area (Å²) in [5, 5.41) is 10.1. The van der Waals surface area contributed by atoms with Crippen molar-refractivity contribution in [3.05, 3.63) is 42.0 Å². The predicted molar refractivity (Wildman–Crippen MR) is 102 cm³/mol. The van der Waals surface area contributed by atoms with Gasteiger partial charge >= 0.3 is 6.18 Å². The Morgan fingerprint density at radius 2 is 1.92 bits per heavy atom. The van der Waals surface area contributed by atoms with Crippen LogP contribution in [0.25, 0.3) is 0 Å². The zero-order valence-corrected chi connectivity index (χ0v) is 16.6. The second-order valence-corrected chi connectivity index (χ2v) is 5.02. The number of guanidine groups is 1. The lowest BCUT2D eigenvalue weighted by atomic mass is 10.2. The molecule has 1 heterocycles. The average Bonchev–Trinajstić information content (AvgIpc) is 2.99. The summed E-state index contributed by atoms with van der Waals surface area (Å²) in [5.74, 6) is 1.68. The smallest absolute Gasteiger partial charge is 0.416 e. The molecule has 0 bridgehead atoms. The standard InChI is InChI=1S/C15H19F3N6O.HI/c1-19-14(21-9-13-22-10-23-24(13)2)20-7-8-25-12-5-3-11(4-6-12)15(16,17)18;/h3-6,10H,7-9H2,1-2H3,(H2,19,20,21);1H. The Morgan fingerprint density at radius 3 is 2.46 bits per heavy atom. The first-order valence-electron chi connectivity index (χ1n) is 7.47. The van der Waals surface area contributed by atoms with Gasteiger partial charge in [0.2, 0.25) is 0 Å². The fraction of sp³-hybridized carbons (Fsp3) is 0.400. The fourth-order valence-electron chi connectivity index (χ4n) is 1.94. The summed E-state index contributed by atoms with van der Waals surface area (Å²) < 4.78 is 44.5. The van der Waals surface area contributed by atoms with E-state index in [1.165, 1.54) is 18.5 Å². The number of aliphatic imine (C=N–C) groups is 1. The first kappa shape index (κ1) is 22.0. The molecule has 0 spiro atoms. The van der Waals surface area contributed by atoms with Crippen LogP contribution in [0.15, 0.2) is 35.6 Å². The molecular weight excluding hydrogens is 464 g/mol. The van der Waals surface area contributed by atoms with Gasteiger partial charge in [0.15, 0.2) is 5.96 Å². The van der Waals surface area contributed by atoms with Gasteiger partial charge in [-0.3, -0.25) is 9.67 Å². The molecule has 0 atom stereocenters. The van der Waals surface area contributed by atoms with Crippen LogP contribution in [0.2, 0.25) is 0 Å². The van der Waals surface area contributed by atoms with Crippen LogP contribution in [-0.2, 0) is 19.8 Å². The Bertz CT molecular complexity index is 702. The second-order valence-electron chi connectivity index (χ2n) is 5.02. The van der Waals surface area contributed by atoms with E-state index in [4.69, 9.17) is 4.74 Å². The van der Waals surface area contributed by atoms with Gasteiger partial charge in [-0.05, 0) is 24.3 Å². The first-order chi connectivity index (χ1) is 11.9. The zero-order chi connectivity index (χ0) is 18.3. The van der Waals surface area contributed by atoms with Crippen LogP contribution in [0.1, 0.15) is 11.4 Å². The maximum absolute atomic E-state index is 12.5. The molecule has 2 rings (SSSR count). The van der Waals surface area contributed by atoms with E-state index in [1.54, 1.807) is 18.8 Å². The lowest BCUT2D eigenvalue weighted by molar-refractivity contribution is -0.137. The number of aromatic nitrogens is 3. The molecule has 1 aromatic carbocycles. The van der Waals surface area contributed by atoms with Gasteiger partial charge in [0, 0.05) is 14.1 Å². The SMILES string of the molecule is CN=C(NCCOc1ccc(C(F)(F)F)cc1)NCc1ncnn1C.I. The lowest BCUT2D eigenvalue weighted by Gasteiger charge is -2.12. The van der Waals surface area contributed by atoms with Crippen LogP contribution in [0.4, 0.5) is 13.2 Å². The predicted octanol–water partition coefficient (Wildman–Crippen LogP) is 2.20. The normalized spacial score (nSPS) is 11.7. The summed E-state index contributed by atoms with van der Waals surface area (Å²) in [4.78, 5) is 8.14. The van der Waals surface area contributed by atoms with Gasteiger partial charge in [0.05, 0.1) is 18.7 Å². The highest BCUT2D eigenvalue weighted by Crippen LogP contribution is 2.30. The number of benzene rings is 1. The Labute approximate surface area is 166 Å². The minimum absolute atomic E-state index is 0. The number of aryl methyl sites for hydroxylation is 1. The molecule has 144 valence electrons. The van der Waals surface area contributed by atoms with Crippen LogP contribution in [0.5, 0.6) is 5.75 Å². The van der Waals surface area contributed by atoms with Gasteiger partial charge < -0.3 is 15.4 Å². The number of halogens is 4. The minimum Gasteiger partial charge on any atom is -0.492 e. The van der Waals surface area contributed by atoms with Crippen LogP contribution < -0.4 is 15.4 Å². The molecule has 0 aliphatic carbocycles. The molecule has 26 heavy (non-hydrogen) atoms. The topological polar surface area (TPSA) is 76.4 Å². The Kier molecular flexibility index (Phi) is 8.61. The number of rotatable bonds is 6. The molecule has 2 N–H and O–H groups in total. The van der Waals surface area contributed by atoms with Crippen LogP contribution in [0.3, 0.4) is 0 Å². The van der Waals surface area contributed by atoms with Crippen LogP contribution in [-0.4, -0.2) is 40.9 Å². The second kappa shape index (κ2) is 10.2. The van der Waals surface area contributed by atoms with Crippen molar-refractivity contribution in [2.75, 3.05) is 20.2 Å². The van der Waals surface area contributed by atoms with E-state index >= 15 is 0 Å². The van der Waals surface area contributed by atoms with Crippen molar-refractivity contribution in [3.63, 3.8) is 0 Å². The van der Waals surface area contributed by atoms with Crippen molar-refractivity contribution in [3.8, 4) is 5.75 Å². The van der Waals surface area contributed by atoms with Gasteiger partial charge in [-0.2, -0.15) is 18.3 Å². The van der Waals surface area contributed by atoms with Gasteiger partial charge in [-0.15, -0.1) is 24.0 Å². The highest BCUT2D eigenvalue weighted by Gasteiger charge is 2.29. The molecular formula is C15H20F3IN6O. The molecule has 0 saturated heterocycles. The van der Waals surface area contributed by atoms with Crippen molar-refractivity contribution in [2.24, 2.45) is 12.0 Å². The fourth-order valence-corrected chi connectivity index (χ4v) is 1.94. The van der Waals surface area contributed by atoms with Crippen molar-refractivity contribution >= 4 is 29.9 Å². The molecule has 0 radical (unpaired) electrons. The van der Waals surface area contributed by atoms with Gasteiger partial charge in [0.25, 0.3) is 0 Å².